The summed E-state index contributed by atoms with van der Waals surface area (Å²) in [5.74, 6) is 0. The van der Waals surface area contributed by atoms with Crippen LogP contribution >= 0.6 is 22.9 Å². The number of nitrogens with one attached hydrogen (secondary N) is 2. The molecule has 0 spiro atoms. The van der Waals surface area contributed by atoms with Gasteiger partial charge in [0.05, 0.1) is 24.5 Å². The van der Waals surface area contributed by atoms with Crippen LogP contribution in [0.25, 0.3) is 0 Å². The molecule has 0 aliphatic rings. The molecule has 8 nitrogen and oxygen atoms in total. The number of aliphatic hydroxyl groups excluding tert-OH is 2. The molecule has 0 saturated carbocycles. The molecule has 0 fully saturated rings. The summed E-state index contributed by atoms with van der Waals surface area (Å²) in [6.07, 6.45) is 0. The number of hydrogen-bond acceptors (Lipinski definition) is 7. The van der Waals surface area contributed by atoms with Gasteiger partial charge in [-0.15, -0.1) is 11.3 Å². The Kier molecular flexibility index (Phi) is 6.51. The summed E-state index contributed by atoms with van der Waals surface area (Å²) in [5, 5.41) is 32.8. The van der Waals surface area contributed by atoms with Gasteiger partial charge in [0.1, 0.15) is 4.21 Å². The molecule has 0 aliphatic carbocycles. The summed E-state index contributed by atoms with van der Waals surface area (Å²) in [5.41, 5.74) is -0.308. The van der Waals surface area contributed by atoms with Gasteiger partial charge >= 0.3 is 6.03 Å². The third-order valence-corrected chi connectivity index (χ3v) is 6.61. The Morgan fingerprint density at radius 2 is 1.74 bits per heavy atom. The van der Waals surface area contributed by atoms with Crippen LogP contribution in [0.2, 0.25) is 5.02 Å². The minimum absolute atomic E-state index is 0.0699. The highest BCUT2D eigenvalue weighted by Gasteiger charge is 2.25. The lowest BCUT2D eigenvalue weighted by molar-refractivity contribution is 0.0789. The molecule has 5 N–H and O–H groups in total. The third-order valence-electron chi connectivity index (χ3n) is 3.62. The number of amides is 2. The smallest absolute Gasteiger partial charge is 0.333 e. The molecule has 1 heterocycles. The summed E-state index contributed by atoms with van der Waals surface area (Å²) in [4.78, 5) is 12.2. The van der Waals surface area contributed by atoms with Crippen molar-refractivity contribution in [3.63, 3.8) is 0 Å². The van der Waals surface area contributed by atoms with Crippen molar-refractivity contribution in [2.24, 2.45) is 0 Å². The maximum atomic E-state index is 12.4. The number of hydrogen-bond donors (Lipinski definition) is 5. The maximum absolute atomic E-state index is 12.4. The van der Waals surface area contributed by atoms with Crippen molar-refractivity contribution in [3.05, 3.63) is 45.3 Å². The zero-order chi connectivity index (χ0) is 20.4. The van der Waals surface area contributed by atoms with E-state index in [1.165, 1.54) is 37.4 Å². The number of anilines is 1. The second-order valence-corrected chi connectivity index (χ2v) is 9.45. The van der Waals surface area contributed by atoms with Gasteiger partial charge in [0, 0.05) is 16.1 Å². The molecule has 1 aromatic heterocycles. The van der Waals surface area contributed by atoms with Gasteiger partial charge in [-0.2, -0.15) is 0 Å². The van der Waals surface area contributed by atoms with Crippen LogP contribution in [0.15, 0.2) is 27.8 Å². The number of halogens is 1. The predicted octanol–water partition coefficient (Wildman–Crippen LogP) is 2.12. The molecule has 0 atom stereocenters. The van der Waals surface area contributed by atoms with Crippen molar-refractivity contribution < 1.29 is 28.5 Å². The van der Waals surface area contributed by atoms with Crippen molar-refractivity contribution >= 4 is 44.7 Å². The predicted molar refractivity (Wildman–Crippen MR) is 102 cm³/mol. The fraction of sp³-hybridized carbons (Fsp3) is 0.312. The first-order valence-corrected chi connectivity index (χ1v) is 10.4. The minimum Gasteiger partial charge on any atom is -0.392 e. The molecule has 2 amide bonds. The number of thiophene rings is 1. The van der Waals surface area contributed by atoms with E-state index in [0.29, 0.717) is 5.56 Å². The normalized spacial score (nSPS) is 12.1. The Bertz CT molecular complexity index is 925. The van der Waals surface area contributed by atoms with E-state index in [-0.39, 0.29) is 26.0 Å². The van der Waals surface area contributed by atoms with E-state index in [1.807, 2.05) is 4.72 Å². The van der Waals surface area contributed by atoms with Gasteiger partial charge in [-0.25, -0.2) is 17.9 Å². The Morgan fingerprint density at radius 3 is 2.19 bits per heavy atom. The lowest BCUT2D eigenvalue weighted by Crippen LogP contribution is -2.34. The van der Waals surface area contributed by atoms with Gasteiger partial charge in [0.2, 0.25) is 0 Å². The van der Waals surface area contributed by atoms with E-state index < -0.39 is 34.9 Å². The lowest BCUT2D eigenvalue weighted by Gasteiger charge is -2.15. The van der Waals surface area contributed by atoms with Gasteiger partial charge in [0.15, 0.2) is 0 Å². The number of urea groups is 1. The van der Waals surface area contributed by atoms with Crippen LogP contribution in [0.5, 0.6) is 0 Å². The largest absolute Gasteiger partial charge is 0.392 e. The first-order chi connectivity index (χ1) is 12.5. The second-order valence-electron chi connectivity index (χ2n) is 6.19. The quantitative estimate of drug-likeness (QED) is 0.472. The first kappa shape index (κ1) is 21.6. The molecule has 0 aliphatic heterocycles. The number of carbonyl (C=O) groups excluding carboxylic acids is 1. The molecule has 2 aromatic rings. The van der Waals surface area contributed by atoms with Crippen LogP contribution in [0, 0.1) is 0 Å². The van der Waals surface area contributed by atoms with Gasteiger partial charge in [-0.3, -0.25) is 0 Å². The van der Waals surface area contributed by atoms with Crippen molar-refractivity contribution in [1.82, 2.24) is 4.72 Å². The van der Waals surface area contributed by atoms with Gasteiger partial charge in [-0.05, 0) is 43.0 Å². The lowest BCUT2D eigenvalue weighted by atomic mass is 10.0. The zero-order valence-corrected chi connectivity index (χ0v) is 16.9. The fourth-order valence-electron chi connectivity index (χ4n) is 2.22. The van der Waals surface area contributed by atoms with Crippen LogP contribution in [-0.2, 0) is 28.8 Å². The van der Waals surface area contributed by atoms with Gasteiger partial charge < -0.3 is 20.6 Å². The topological polar surface area (TPSA) is 136 Å². The second kappa shape index (κ2) is 8.13. The van der Waals surface area contributed by atoms with Crippen LogP contribution in [0.4, 0.5) is 10.5 Å². The zero-order valence-electron chi connectivity index (χ0n) is 14.5. The number of benzene rings is 1. The molecular formula is C16H19ClN2O6S2. The highest BCUT2D eigenvalue weighted by molar-refractivity contribution is 7.92. The average molecular weight is 435 g/mol. The van der Waals surface area contributed by atoms with Crippen molar-refractivity contribution in [1.29, 1.82) is 0 Å². The average Bonchev–Trinajstić information content (AvgIpc) is 3.06. The molecule has 0 radical (unpaired) electrons. The molecule has 27 heavy (non-hydrogen) atoms. The number of rotatable bonds is 6. The van der Waals surface area contributed by atoms with Gasteiger partial charge in [0.25, 0.3) is 10.0 Å². The standard InChI is InChI=1S/C16H19ClN2O6S2/c1-16(2,23)11-5-13(26-8-11)27(24,25)19-15(22)18-14-9(6-20)3-12(17)4-10(14)7-21/h3-5,8,20-21,23H,6-7H2,1-2H3,(H2,18,19,22). The van der Waals surface area contributed by atoms with E-state index >= 15 is 0 Å². The summed E-state index contributed by atoms with van der Waals surface area (Å²) >= 11 is 6.74. The number of carbonyl (C=O) groups is 1. The Balaban J connectivity index is 2.24. The van der Waals surface area contributed by atoms with E-state index in [1.54, 1.807) is 0 Å². The van der Waals surface area contributed by atoms with E-state index in [4.69, 9.17) is 11.6 Å². The number of sulfonamides is 1. The number of aliphatic hydroxyl groups is 3. The molecule has 0 saturated heterocycles. The van der Waals surface area contributed by atoms with E-state index in [9.17, 15) is 28.5 Å². The molecular weight excluding hydrogens is 416 g/mol. The maximum Gasteiger partial charge on any atom is 0.333 e. The third kappa shape index (κ3) is 5.18. The van der Waals surface area contributed by atoms with Crippen molar-refractivity contribution in [3.8, 4) is 0 Å². The summed E-state index contributed by atoms with van der Waals surface area (Å²) in [6, 6.07) is 2.99. The molecule has 2 rings (SSSR count). The molecule has 0 unspecified atom stereocenters. The van der Waals surface area contributed by atoms with E-state index in [2.05, 4.69) is 5.32 Å². The monoisotopic (exact) mass is 434 g/mol. The van der Waals surface area contributed by atoms with Crippen molar-refractivity contribution in [2.45, 2.75) is 36.9 Å². The van der Waals surface area contributed by atoms with Crippen LogP contribution in [0.3, 0.4) is 0 Å². The van der Waals surface area contributed by atoms with E-state index in [0.717, 1.165) is 11.3 Å². The van der Waals surface area contributed by atoms with Crippen molar-refractivity contribution in [2.75, 3.05) is 5.32 Å². The van der Waals surface area contributed by atoms with Crippen LogP contribution in [-0.4, -0.2) is 29.8 Å². The summed E-state index contributed by atoms with van der Waals surface area (Å²) in [7, 11) is -4.17. The Hall–Kier alpha value is -1.69. The molecule has 1 aromatic carbocycles. The Labute approximate surface area is 165 Å². The fourth-order valence-corrected chi connectivity index (χ4v) is 4.74. The highest BCUT2D eigenvalue weighted by atomic mass is 35.5. The molecule has 148 valence electrons. The summed E-state index contributed by atoms with van der Waals surface area (Å²) in [6.45, 7) is 2.07. The molecule has 0 bridgehead atoms. The van der Waals surface area contributed by atoms with Gasteiger partial charge in [-0.1, -0.05) is 11.6 Å². The Morgan fingerprint density at radius 1 is 1.19 bits per heavy atom. The van der Waals surface area contributed by atoms with Crippen LogP contribution < -0.4 is 10.0 Å². The van der Waals surface area contributed by atoms with Crippen LogP contribution in [0.1, 0.15) is 30.5 Å². The first-order valence-electron chi connectivity index (χ1n) is 7.66. The highest BCUT2D eigenvalue weighted by Crippen LogP contribution is 2.29. The SMILES string of the molecule is CC(C)(O)c1csc(S(=O)(=O)NC(=O)Nc2c(CO)cc(Cl)cc2CO)c1. The minimum atomic E-state index is -4.17. The summed E-state index contributed by atoms with van der Waals surface area (Å²) < 4.78 is 26.5. The molecule has 11 heteroatoms.